The van der Waals surface area contributed by atoms with Gasteiger partial charge in [-0.05, 0) is 39.0 Å². The molecule has 0 fully saturated rings. The van der Waals surface area contributed by atoms with E-state index in [0.29, 0.717) is 0 Å². The van der Waals surface area contributed by atoms with E-state index in [4.69, 9.17) is 9.84 Å². The van der Waals surface area contributed by atoms with Gasteiger partial charge in [0.1, 0.15) is 6.10 Å². The largest absolute Gasteiger partial charge is 0.481 e. The van der Waals surface area contributed by atoms with Crippen molar-refractivity contribution in [2.24, 2.45) is 0 Å². The molecule has 29 heavy (non-hydrogen) atoms. The molecular formula is C23H41NO5. The second-order valence-electron chi connectivity index (χ2n) is 7.87. The van der Waals surface area contributed by atoms with Gasteiger partial charge < -0.3 is 9.84 Å². The third-order valence-corrected chi connectivity index (χ3v) is 4.92. The van der Waals surface area contributed by atoms with Crippen LogP contribution in [-0.2, 0) is 14.3 Å². The van der Waals surface area contributed by atoms with Gasteiger partial charge >= 0.3 is 12.1 Å². The third-order valence-electron chi connectivity index (χ3n) is 4.92. The maximum Gasteiger partial charge on any atom is 0.414 e. The average molecular weight is 412 g/mol. The van der Waals surface area contributed by atoms with Crippen LogP contribution in [0.5, 0.6) is 0 Å². The zero-order chi connectivity index (χ0) is 21.9. The maximum atomic E-state index is 11.9. The molecule has 6 nitrogen and oxygen atoms in total. The van der Waals surface area contributed by atoms with Crippen LogP contribution in [0.4, 0.5) is 4.79 Å². The molecule has 2 amide bonds. The number of alkyl carbamates (subject to hydrolysis) is 1. The van der Waals surface area contributed by atoms with Gasteiger partial charge in [0.2, 0.25) is 0 Å². The average Bonchev–Trinajstić information content (AvgIpc) is 2.65. The number of carbonyl (C=O) groups is 3. The number of carboxylic acid groups (broad SMARTS) is 1. The Hall–Kier alpha value is -1.85. The molecule has 0 aromatic carbocycles. The van der Waals surface area contributed by atoms with Crippen LogP contribution in [0, 0.1) is 0 Å². The van der Waals surface area contributed by atoms with Crippen LogP contribution in [0.15, 0.2) is 12.2 Å². The summed E-state index contributed by atoms with van der Waals surface area (Å²) in [4.78, 5) is 33.9. The highest BCUT2D eigenvalue weighted by Crippen LogP contribution is 2.17. The molecule has 0 aromatic rings. The Morgan fingerprint density at radius 1 is 0.862 bits per heavy atom. The Morgan fingerprint density at radius 2 is 1.34 bits per heavy atom. The molecule has 0 saturated carbocycles. The maximum absolute atomic E-state index is 11.9. The number of carbonyl (C=O) groups excluding carboxylic acids is 2. The first-order valence-corrected chi connectivity index (χ1v) is 11.3. The Kier molecular flexibility index (Phi) is 17.0. The van der Waals surface area contributed by atoms with Crippen LogP contribution in [-0.4, -0.2) is 29.2 Å². The Bertz CT molecular complexity index is 490. The van der Waals surface area contributed by atoms with Crippen LogP contribution in [0.1, 0.15) is 110 Å². The van der Waals surface area contributed by atoms with Gasteiger partial charge in [-0.15, -0.1) is 0 Å². The lowest BCUT2D eigenvalue weighted by atomic mass is 10.0. The standard InChI is InChI=1S/C23H41NO5/c1-4-5-6-13-16-20(29-23(28)24-22(27)19(2)3)17-14-11-9-7-8-10-12-15-18-21(25)26/h20H,2,4-18H2,1,3H3,(H,25,26)(H,24,27,28). The Labute approximate surface area is 176 Å². The molecule has 0 spiro atoms. The normalized spacial score (nSPS) is 11.7. The summed E-state index contributed by atoms with van der Waals surface area (Å²) in [5.74, 6) is -1.21. The number of aliphatic carboxylic acids is 1. The fourth-order valence-corrected chi connectivity index (χ4v) is 3.15. The summed E-state index contributed by atoms with van der Waals surface area (Å²) in [6.45, 7) is 7.24. The fraction of sp³-hybridized carbons (Fsp3) is 0.783. The minimum atomic E-state index is -0.714. The number of amides is 2. The number of hydrogen-bond acceptors (Lipinski definition) is 4. The molecule has 0 aliphatic rings. The monoisotopic (exact) mass is 411 g/mol. The van der Waals surface area contributed by atoms with E-state index < -0.39 is 18.0 Å². The van der Waals surface area contributed by atoms with E-state index in [0.717, 1.165) is 83.5 Å². The molecule has 0 radical (unpaired) electrons. The molecule has 0 rings (SSSR count). The SMILES string of the molecule is C=C(C)C(=O)NC(=O)OC(CCCCCC)CCCCCCCCCCC(=O)O. The summed E-state index contributed by atoms with van der Waals surface area (Å²) >= 11 is 0. The van der Waals surface area contributed by atoms with Crippen molar-refractivity contribution >= 4 is 18.0 Å². The van der Waals surface area contributed by atoms with Crippen LogP contribution in [0.25, 0.3) is 0 Å². The van der Waals surface area contributed by atoms with Gasteiger partial charge in [-0.3, -0.25) is 14.9 Å². The molecule has 1 atom stereocenters. The van der Waals surface area contributed by atoms with Crippen molar-refractivity contribution in [3.8, 4) is 0 Å². The number of imide groups is 1. The molecule has 0 heterocycles. The molecule has 1 unspecified atom stereocenters. The van der Waals surface area contributed by atoms with E-state index >= 15 is 0 Å². The lowest BCUT2D eigenvalue weighted by Gasteiger charge is -2.18. The van der Waals surface area contributed by atoms with Gasteiger partial charge in [0.15, 0.2) is 0 Å². The number of hydrogen-bond donors (Lipinski definition) is 2. The molecule has 0 aliphatic carbocycles. The molecule has 0 aromatic heterocycles. The van der Waals surface area contributed by atoms with E-state index in [1.807, 2.05) is 0 Å². The number of ether oxygens (including phenoxy) is 1. The van der Waals surface area contributed by atoms with Gasteiger partial charge in [0, 0.05) is 12.0 Å². The van der Waals surface area contributed by atoms with Gasteiger partial charge in [-0.2, -0.15) is 0 Å². The minimum absolute atomic E-state index is 0.152. The van der Waals surface area contributed by atoms with Crippen molar-refractivity contribution in [3.63, 3.8) is 0 Å². The first-order chi connectivity index (χ1) is 13.9. The second-order valence-corrected chi connectivity index (χ2v) is 7.87. The number of unbranched alkanes of at least 4 members (excludes halogenated alkanes) is 10. The molecule has 168 valence electrons. The smallest absolute Gasteiger partial charge is 0.414 e. The molecule has 0 aliphatic heterocycles. The molecule has 6 heteroatoms. The highest BCUT2D eigenvalue weighted by atomic mass is 16.6. The van der Waals surface area contributed by atoms with Crippen molar-refractivity contribution in [2.75, 3.05) is 0 Å². The summed E-state index contributed by atoms with van der Waals surface area (Å²) in [5, 5.41) is 10.8. The highest BCUT2D eigenvalue weighted by Gasteiger charge is 2.16. The van der Waals surface area contributed by atoms with Crippen LogP contribution < -0.4 is 5.32 Å². The van der Waals surface area contributed by atoms with Crippen molar-refractivity contribution in [1.82, 2.24) is 5.32 Å². The van der Waals surface area contributed by atoms with E-state index in [-0.39, 0.29) is 18.1 Å². The summed E-state index contributed by atoms with van der Waals surface area (Å²) < 4.78 is 5.48. The fourth-order valence-electron chi connectivity index (χ4n) is 3.15. The minimum Gasteiger partial charge on any atom is -0.481 e. The lowest BCUT2D eigenvalue weighted by molar-refractivity contribution is -0.137. The van der Waals surface area contributed by atoms with Crippen LogP contribution in [0.3, 0.4) is 0 Å². The summed E-state index contributed by atoms with van der Waals surface area (Å²) in [6.07, 6.45) is 14.0. The molecule has 2 N–H and O–H groups in total. The topological polar surface area (TPSA) is 92.7 Å². The van der Waals surface area contributed by atoms with Crippen molar-refractivity contribution in [3.05, 3.63) is 12.2 Å². The Morgan fingerprint density at radius 3 is 1.83 bits per heavy atom. The lowest BCUT2D eigenvalue weighted by Crippen LogP contribution is -2.34. The van der Waals surface area contributed by atoms with Gasteiger partial charge in [-0.1, -0.05) is 71.3 Å². The predicted octanol–water partition coefficient (Wildman–Crippen LogP) is 6.14. The van der Waals surface area contributed by atoms with Crippen molar-refractivity contribution < 1.29 is 24.2 Å². The molecule has 0 bridgehead atoms. The molecule has 0 saturated heterocycles. The predicted molar refractivity (Wildman–Crippen MR) is 116 cm³/mol. The second kappa shape index (κ2) is 18.2. The zero-order valence-corrected chi connectivity index (χ0v) is 18.5. The third kappa shape index (κ3) is 17.9. The quantitative estimate of drug-likeness (QED) is 0.209. The summed E-state index contributed by atoms with van der Waals surface area (Å²) in [5.41, 5.74) is 0.282. The number of carboxylic acids is 1. The van der Waals surface area contributed by atoms with Crippen LogP contribution >= 0.6 is 0 Å². The van der Waals surface area contributed by atoms with E-state index in [1.54, 1.807) is 6.92 Å². The van der Waals surface area contributed by atoms with Gasteiger partial charge in [0.05, 0.1) is 0 Å². The first kappa shape index (κ1) is 27.1. The van der Waals surface area contributed by atoms with Gasteiger partial charge in [-0.25, -0.2) is 4.79 Å². The first-order valence-electron chi connectivity index (χ1n) is 11.3. The van der Waals surface area contributed by atoms with E-state index in [9.17, 15) is 14.4 Å². The van der Waals surface area contributed by atoms with E-state index in [2.05, 4.69) is 18.8 Å². The van der Waals surface area contributed by atoms with Crippen molar-refractivity contribution in [1.29, 1.82) is 0 Å². The number of nitrogens with one attached hydrogen (secondary N) is 1. The summed E-state index contributed by atoms with van der Waals surface area (Å²) in [6, 6.07) is 0. The van der Waals surface area contributed by atoms with Crippen molar-refractivity contribution in [2.45, 2.75) is 116 Å². The highest BCUT2D eigenvalue weighted by molar-refractivity contribution is 6.01. The Balaban J connectivity index is 4.01. The molecular weight excluding hydrogens is 370 g/mol. The van der Waals surface area contributed by atoms with Gasteiger partial charge in [0.25, 0.3) is 5.91 Å². The van der Waals surface area contributed by atoms with Crippen LogP contribution in [0.2, 0.25) is 0 Å². The van der Waals surface area contributed by atoms with E-state index in [1.165, 1.54) is 6.42 Å². The summed E-state index contributed by atoms with van der Waals surface area (Å²) in [7, 11) is 0. The number of rotatable bonds is 18. The zero-order valence-electron chi connectivity index (χ0n) is 18.5.